The molecule has 40 heavy (non-hydrogen) atoms. The van der Waals surface area contributed by atoms with Gasteiger partial charge in [-0.25, -0.2) is 0 Å². The molecular formula is C36H70N2O2. The van der Waals surface area contributed by atoms with Crippen LogP contribution in [0.3, 0.4) is 0 Å². The topological polar surface area (TPSA) is 66.0 Å². The molecule has 0 spiro atoms. The first-order valence-corrected chi connectivity index (χ1v) is 15.2. The van der Waals surface area contributed by atoms with E-state index >= 15 is 0 Å². The Morgan fingerprint density at radius 2 is 0.650 bits per heavy atom. The third kappa shape index (κ3) is 76.5. The summed E-state index contributed by atoms with van der Waals surface area (Å²) < 4.78 is 7.69. The van der Waals surface area contributed by atoms with Crippen LogP contribution < -0.4 is 0 Å². The largest absolute Gasteiger partial charge is 0.431 e. The molecular weight excluding hydrogens is 492 g/mol. The lowest BCUT2D eigenvalue weighted by molar-refractivity contribution is 0.362. The second kappa shape index (κ2) is 70.6. The summed E-state index contributed by atoms with van der Waals surface area (Å²) >= 11 is 0. The number of hydrogen-bond acceptors (Lipinski definition) is 4. The van der Waals surface area contributed by atoms with Crippen molar-refractivity contribution in [3.63, 3.8) is 0 Å². The highest BCUT2D eigenvalue weighted by molar-refractivity contribution is 5.24. The Kier molecular flexibility index (Phi) is 101. The van der Waals surface area contributed by atoms with Crippen LogP contribution in [0.1, 0.15) is 131 Å². The smallest absolute Gasteiger partial charge is 0.286 e. The fourth-order valence-electron chi connectivity index (χ4n) is 1.68. The molecule has 0 aliphatic heterocycles. The lowest BCUT2D eigenvalue weighted by atomic mass is 10.1. The van der Waals surface area contributed by atoms with E-state index in [0.29, 0.717) is 0 Å². The Morgan fingerprint density at radius 1 is 0.500 bits per heavy atom. The van der Waals surface area contributed by atoms with Crippen LogP contribution in [0.15, 0.2) is 48.5 Å². The van der Waals surface area contributed by atoms with Gasteiger partial charge in [-0.3, -0.25) is 0 Å². The summed E-state index contributed by atoms with van der Waals surface area (Å²) in [4.78, 5) is 0. The summed E-state index contributed by atoms with van der Waals surface area (Å²) in [6, 6.07) is 16.7. The molecule has 4 nitrogen and oxygen atoms in total. The number of ether oxygens (including phenoxy) is 2. The fraction of sp³-hybridized carbons (Fsp3) is 0.611. The third-order valence-electron chi connectivity index (χ3n) is 3.74. The van der Waals surface area contributed by atoms with Gasteiger partial charge in [-0.2, -0.15) is 10.5 Å². The number of hydrogen-bond donors (Lipinski definition) is 0. The molecule has 0 unspecified atom stereocenters. The van der Waals surface area contributed by atoms with Gasteiger partial charge in [0.15, 0.2) is 0 Å². The molecule has 0 N–H and O–H groups in total. The molecule has 2 aromatic carbocycles. The van der Waals surface area contributed by atoms with Crippen molar-refractivity contribution in [1.29, 1.82) is 10.5 Å². The summed E-state index contributed by atoms with van der Waals surface area (Å²) in [7, 11) is 2.64. The maximum atomic E-state index is 7.40. The molecule has 0 saturated carbocycles. The SMILES string of the molecule is CC.CC.CC.CC.CCC.CCCCC.COC#N.COC#N.Cc1ccccc1C.Cc1ccccc1C. The molecule has 0 heterocycles. The number of rotatable bonds is 2. The van der Waals surface area contributed by atoms with Gasteiger partial charge in [0.05, 0.1) is 14.2 Å². The van der Waals surface area contributed by atoms with E-state index in [1.54, 1.807) is 0 Å². The maximum absolute atomic E-state index is 7.40. The van der Waals surface area contributed by atoms with Gasteiger partial charge in [-0.15, -0.1) is 0 Å². The molecule has 0 atom stereocenters. The van der Waals surface area contributed by atoms with Gasteiger partial charge in [-0.05, 0) is 49.9 Å². The molecule has 236 valence electrons. The predicted molar refractivity (Wildman–Crippen MR) is 184 cm³/mol. The second-order valence-corrected chi connectivity index (χ2v) is 6.82. The van der Waals surface area contributed by atoms with E-state index in [-0.39, 0.29) is 0 Å². The summed E-state index contributed by atoms with van der Waals surface area (Å²) in [6.07, 6.45) is 8.19. The van der Waals surface area contributed by atoms with E-state index in [1.807, 2.05) is 55.4 Å². The van der Waals surface area contributed by atoms with Crippen LogP contribution >= 0.6 is 0 Å². The van der Waals surface area contributed by atoms with Crippen LogP contribution in [0.5, 0.6) is 0 Å². The van der Waals surface area contributed by atoms with Crippen molar-refractivity contribution in [3.8, 4) is 12.5 Å². The highest BCUT2D eigenvalue weighted by Gasteiger charge is 1.84. The van der Waals surface area contributed by atoms with E-state index in [2.05, 4.69) is 113 Å². The molecule has 2 rings (SSSR count). The monoisotopic (exact) mass is 563 g/mol. The molecule has 0 amide bonds. The van der Waals surface area contributed by atoms with Crippen LogP contribution in [-0.4, -0.2) is 14.2 Å². The lowest BCUT2D eigenvalue weighted by Crippen LogP contribution is -1.74. The molecule has 0 aromatic heterocycles. The number of nitrogens with zero attached hydrogens (tertiary/aromatic N) is 2. The number of nitriles is 2. The summed E-state index contributed by atoms with van der Waals surface area (Å²) in [5.74, 6) is 0. The number of unbranched alkanes of at least 4 members (excludes halogenated alkanes) is 2. The zero-order valence-corrected chi connectivity index (χ0v) is 30.2. The molecule has 4 heteroatoms. The van der Waals surface area contributed by atoms with Gasteiger partial charge in [0, 0.05) is 0 Å². The fourth-order valence-corrected chi connectivity index (χ4v) is 1.68. The van der Waals surface area contributed by atoms with Crippen LogP contribution in [0.2, 0.25) is 0 Å². The summed E-state index contributed by atoms with van der Waals surface area (Å²) in [5.41, 5.74) is 5.47. The van der Waals surface area contributed by atoms with Gasteiger partial charge < -0.3 is 9.47 Å². The Hall–Kier alpha value is -2.98. The zero-order valence-electron chi connectivity index (χ0n) is 30.2. The Labute approximate surface area is 253 Å². The normalized spacial score (nSPS) is 6.60. The highest BCUT2D eigenvalue weighted by atomic mass is 16.5. The third-order valence-corrected chi connectivity index (χ3v) is 3.74. The predicted octanol–water partition coefficient (Wildman–Crippen LogP) is 12.6. The minimum absolute atomic E-state index is 1.25. The minimum atomic E-state index is 1.25. The Bertz CT molecular complexity index is 601. The molecule has 0 bridgehead atoms. The zero-order chi connectivity index (χ0) is 33.6. The van der Waals surface area contributed by atoms with E-state index in [1.165, 1.54) is 74.7 Å². The number of methoxy groups -OCH3 is 2. The highest BCUT2D eigenvalue weighted by Crippen LogP contribution is 2.03. The average molecular weight is 563 g/mol. The Balaban J connectivity index is -0.0000000501. The van der Waals surface area contributed by atoms with Gasteiger partial charge in [0.25, 0.3) is 12.5 Å². The van der Waals surface area contributed by atoms with Crippen molar-refractivity contribution in [2.45, 2.75) is 136 Å². The standard InChI is InChI=1S/2C8H10.C5H12.C3H8.2C2H3NO.4C2H6/c2*1-7-5-3-4-6-8(7)2;1-3-5-4-2;1-3-2;2*1-4-2-3;4*1-2/h2*3-6H,1-2H3;3-5H2,1-2H3;3H2,1-2H3;2*1H3;4*1-2H3. The quantitative estimate of drug-likeness (QED) is 0.341. The molecule has 0 fully saturated rings. The average Bonchev–Trinajstić information content (AvgIpc) is 3.02. The lowest BCUT2D eigenvalue weighted by Gasteiger charge is -1.93. The first-order chi connectivity index (χ1) is 19.3. The molecule has 0 aliphatic carbocycles. The van der Waals surface area contributed by atoms with Gasteiger partial charge in [0.2, 0.25) is 0 Å². The van der Waals surface area contributed by atoms with E-state index in [0.717, 1.165) is 0 Å². The van der Waals surface area contributed by atoms with Gasteiger partial charge in [-0.1, -0.05) is 157 Å². The van der Waals surface area contributed by atoms with Crippen LogP contribution in [0, 0.1) is 50.7 Å². The first-order valence-electron chi connectivity index (χ1n) is 15.2. The summed E-state index contributed by atoms with van der Waals surface area (Å²) in [6.45, 7) is 33.2. The van der Waals surface area contributed by atoms with Crippen molar-refractivity contribution in [2.24, 2.45) is 0 Å². The van der Waals surface area contributed by atoms with E-state index in [9.17, 15) is 0 Å². The van der Waals surface area contributed by atoms with Gasteiger partial charge in [0.1, 0.15) is 0 Å². The number of aryl methyl sites for hydroxylation is 4. The van der Waals surface area contributed by atoms with Gasteiger partial charge >= 0.3 is 0 Å². The van der Waals surface area contributed by atoms with Crippen molar-refractivity contribution >= 4 is 0 Å². The van der Waals surface area contributed by atoms with Crippen molar-refractivity contribution in [3.05, 3.63) is 70.8 Å². The second-order valence-electron chi connectivity index (χ2n) is 6.82. The molecule has 2 aromatic rings. The Morgan fingerprint density at radius 3 is 0.700 bits per heavy atom. The van der Waals surface area contributed by atoms with Crippen LogP contribution in [0.4, 0.5) is 0 Å². The first kappa shape index (κ1) is 57.0. The summed E-state index contributed by atoms with van der Waals surface area (Å²) in [5, 5.41) is 14.8. The minimum Gasteiger partial charge on any atom is -0.431 e. The number of benzene rings is 2. The van der Waals surface area contributed by atoms with E-state index < -0.39 is 0 Å². The molecule has 0 aliphatic rings. The van der Waals surface area contributed by atoms with Crippen LogP contribution in [0.25, 0.3) is 0 Å². The van der Waals surface area contributed by atoms with Crippen molar-refractivity contribution in [2.75, 3.05) is 14.2 Å². The van der Waals surface area contributed by atoms with Crippen molar-refractivity contribution < 1.29 is 9.47 Å². The van der Waals surface area contributed by atoms with E-state index in [4.69, 9.17) is 10.5 Å². The van der Waals surface area contributed by atoms with Crippen molar-refractivity contribution in [1.82, 2.24) is 0 Å². The molecule has 0 saturated heterocycles. The van der Waals surface area contributed by atoms with Crippen LogP contribution in [-0.2, 0) is 9.47 Å². The molecule has 0 radical (unpaired) electrons. The maximum Gasteiger partial charge on any atom is 0.286 e.